The van der Waals surface area contributed by atoms with Crippen LogP contribution in [0.3, 0.4) is 0 Å². The number of hydrogen-bond donors (Lipinski definition) is 1. The van der Waals surface area contributed by atoms with Crippen LogP contribution >= 0.6 is 0 Å². The van der Waals surface area contributed by atoms with Gasteiger partial charge in [-0.05, 0) is 38.5 Å². The zero-order valence-corrected chi connectivity index (χ0v) is 22.0. The van der Waals surface area contributed by atoms with Crippen LogP contribution in [0.2, 0.25) is 0 Å². The molecule has 1 atom stereocenters. The highest BCUT2D eigenvalue weighted by Crippen LogP contribution is 2.17. The topological polar surface area (TPSA) is 63.6 Å². The Morgan fingerprint density at radius 2 is 1.12 bits per heavy atom. The number of allylic oxidation sites excluding steroid dienone is 2. The number of carbonyl (C=O) groups is 2. The van der Waals surface area contributed by atoms with Gasteiger partial charge >= 0.3 is 11.9 Å². The van der Waals surface area contributed by atoms with Crippen molar-refractivity contribution < 1.29 is 19.4 Å². The van der Waals surface area contributed by atoms with Crippen LogP contribution < -0.4 is 0 Å². The van der Waals surface area contributed by atoms with Crippen LogP contribution in [0.25, 0.3) is 0 Å². The summed E-state index contributed by atoms with van der Waals surface area (Å²) in [5.74, 6) is -1.86. The number of rotatable bonds is 25. The summed E-state index contributed by atoms with van der Waals surface area (Å²) < 4.78 is 5.01. The van der Waals surface area contributed by atoms with E-state index in [4.69, 9.17) is 4.74 Å². The molecule has 0 spiro atoms. The maximum Gasteiger partial charge on any atom is 0.307 e. The summed E-state index contributed by atoms with van der Waals surface area (Å²) in [6.07, 6.45) is 29.2. The summed E-state index contributed by atoms with van der Waals surface area (Å²) in [7, 11) is 0. The molecule has 0 fully saturated rings. The molecule has 0 amide bonds. The second-order valence-electron chi connectivity index (χ2n) is 9.60. The minimum absolute atomic E-state index is 0.00288. The monoisotopic (exact) mass is 466 g/mol. The van der Waals surface area contributed by atoms with Gasteiger partial charge in [-0.25, -0.2) is 0 Å². The predicted molar refractivity (Wildman–Crippen MR) is 140 cm³/mol. The van der Waals surface area contributed by atoms with E-state index in [1.807, 2.05) is 6.92 Å². The molecule has 1 unspecified atom stereocenters. The molecule has 0 aliphatic heterocycles. The Bertz CT molecular complexity index is 472. The number of aliphatic carboxylic acids is 1. The molecule has 0 aliphatic rings. The van der Waals surface area contributed by atoms with E-state index in [-0.39, 0.29) is 12.4 Å². The third-order valence-corrected chi connectivity index (χ3v) is 6.29. The molecule has 0 aliphatic carbocycles. The smallest absolute Gasteiger partial charge is 0.307 e. The molecular weight excluding hydrogens is 412 g/mol. The van der Waals surface area contributed by atoms with Gasteiger partial charge in [-0.3, -0.25) is 9.59 Å². The Morgan fingerprint density at radius 1 is 0.667 bits per heavy atom. The molecule has 0 saturated heterocycles. The van der Waals surface area contributed by atoms with Gasteiger partial charge in [0.15, 0.2) is 0 Å². The summed E-state index contributed by atoms with van der Waals surface area (Å²) in [5, 5.41) is 9.29. The fourth-order valence-corrected chi connectivity index (χ4v) is 4.13. The number of carboxylic acid groups (broad SMARTS) is 1. The number of carboxylic acids is 1. The van der Waals surface area contributed by atoms with Crippen LogP contribution in [0.1, 0.15) is 149 Å². The number of carbonyl (C=O) groups excluding carboxylic acids is 1. The van der Waals surface area contributed by atoms with Gasteiger partial charge in [0.1, 0.15) is 0 Å². The fraction of sp³-hybridized carbons (Fsp3) is 0.862. The van der Waals surface area contributed by atoms with E-state index in [1.165, 1.54) is 96.3 Å². The van der Waals surface area contributed by atoms with E-state index < -0.39 is 11.9 Å². The van der Waals surface area contributed by atoms with Crippen molar-refractivity contribution in [3.63, 3.8) is 0 Å². The first-order valence-electron chi connectivity index (χ1n) is 14.1. The maximum atomic E-state index is 11.6. The third-order valence-electron chi connectivity index (χ3n) is 6.29. The quantitative estimate of drug-likeness (QED) is 0.0828. The van der Waals surface area contributed by atoms with Crippen molar-refractivity contribution in [3.8, 4) is 0 Å². The second kappa shape index (κ2) is 25.3. The van der Waals surface area contributed by atoms with Crippen molar-refractivity contribution in [2.75, 3.05) is 6.61 Å². The van der Waals surface area contributed by atoms with Crippen molar-refractivity contribution in [1.29, 1.82) is 0 Å². The number of esters is 1. The summed E-state index contributed by atoms with van der Waals surface area (Å²) >= 11 is 0. The average Bonchev–Trinajstić information content (AvgIpc) is 2.80. The van der Waals surface area contributed by atoms with Crippen LogP contribution in [-0.4, -0.2) is 23.7 Å². The van der Waals surface area contributed by atoms with E-state index in [1.54, 1.807) is 0 Å². The lowest BCUT2D eigenvalue weighted by molar-refractivity contribution is -0.151. The van der Waals surface area contributed by atoms with Crippen LogP contribution in [0.15, 0.2) is 12.2 Å². The maximum absolute atomic E-state index is 11.6. The minimum atomic E-state index is -0.879. The molecule has 0 aromatic carbocycles. The van der Waals surface area contributed by atoms with E-state index in [2.05, 4.69) is 19.1 Å². The van der Waals surface area contributed by atoms with Crippen molar-refractivity contribution in [2.24, 2.45) is 5.92 Å². The Morgan fingerprint density at radius 3 is 1.58 bits per heavy atom. The largest absolute Gasteiger partial charge is 0.481 e. The van der Waals surface area contributed by atoms with Crippen molar-refractivity contribution in [3.05, 3.63) is 12.2 Å². The number of unbranched alkanes of at least 4 members (excludes halogenated alkanes) is 16. The van der Waals surface area contributed by atoms with Crippen molar-refractivity contribution in [2.45, 2.75) is 149 Å². The first-order valence-corrected chi connectivity index (χ1v) is 14.1. The molecule has 0 rings (SSSR count). The highest BCUT2D eigenvalue weighted by atomic mass is 16.5. The second-order valence-corrected chi connectivity index (χ2v) is 9.60. The molecule has 4 nitrogen and oxygen atoms in total. The lowest BCUT2D eigenvalue weighted by atomic mass is 9.97. The molecule has 194 valence electrons. The van der Waals surface area contributed by atoms with Crippen LogP contribution in [0, 0.1) is 5.92 Å². The lowest BCUT2D eigenvalue weighted by Crippen LogP contribution is -2.19. The average molecular weight is 467 g/mol. The molecule has 0 aromatic rings. The fourth-order valence-electron chi connectivity index (χ4n) is 4.13. The van der Waals surface area contributed by atoms with Crippen molar-refractivity contribution >= 4 is 11.9 Å². The first kappa shape index (κ1) is 31.7. The zero-order chi connectivity index (χ0) is 24.4. The molecule has 0 saturated carbocycles. The van der Waals surface area contributed by atoms with Crippen LogP contribution in [-0.2, 0) is 14.3 Å². The van der Waals surface area contributed by atoms with Crippen LogP contribution in [0.5, 0.6) is 0 Å². The molecular formula is C29H54O4. The van der Waals surface area contributed by atoms with Gasteiger partial charge < -0.3 is 9.84 Å². The molecule has 0 radical (unpaired) electrons. The van der Waals surface area contributed by atoms with Gasteiger partial charge in [0, 0.05) is 0 Å². The van der Waals surface area contributed by atoms with E-state index in [0.29, 0.717) is 13.0 Å². The summed E-state index contributed by atoms with van der Waals surface area (Å²) in [4.78, 5) is 23.0. The van der Waals surface area contributed by atoms with Gasteiger partial charge in [-0.15, -0.1) is 0 Å². The highest BCUT2D eigenvalue weighted by Gasteiger charge is 2.21. The standard InChI is InChI=1S/C29H54O4/c1-3-5-6-7-8-9-10-11-12-13-14-15-16-17-18-19-20-21-22-23-24-27(29(31)32)26-28(30)33-25-4-2/h13-14,27H,3-12,15-26H2,1-2H3,(H,31,32)/b14-13+. The van der Waals surface area contributed by atoms with Gasteiger partial charge in [0.05, 0.1) is 18.9 Å². The minimum Gasteiger partial charge on any atom is -0.481 e. The first-order chi connectivity index (χ1) is 16.1. The molecule has 0 heterocycles. The summed E-state index contributed by atoms with van der Waals surface area (Å²) in [6.45, 7) is 4.58. The van der Waals surface area contributed by atoms with Gasteiger partial charge in [0.2, 0.25) is 0 Å². The zero-order valence-electron chi connectivity index (χ0n) is 22.0. The van der Waals surface area contributed by atoms with Gasteiger partial charge in [-0.1, -0.05) is 116 Å². The molecule has 1 N–H and O–H groups in total. The van der Waals surface area contributed by atoms with Gasteiger partial charge in [-0.2, -0.15) is 0 Å². The summed E-state index contributed by atoms with van der Waals surface area (Å²) in [6, 6.07) is 0. The Labute approximate surface area is 204 Å². The predicted octanol–water partition coefficient (Wildman–Crippen LogP) is 9.02. The number of hydrogen-bond acceptors (Lipinski definition) is 3. The van der Waals surface area contributed by atoms with E-state index in [9.17, 15) is 14.7 Å². The normalized spacial score (nSPS) is 12.3. The molecule has 4 heteroatoms. The highest BCUT2D eigenvalue weighted by molar-refractivity contribution is 5.78. The van der Waals surface area contributed by atoms with Crippen LogP contribution in [0.4, 0.5) is 0 Å². The molecule has 0 bridgehead atoms. The Hall–Kier alpha value is -1.32. The SMILES string of the molecule is CCCCCCCCCC/C=C/CCCCCCCCCCC(CC(=O)OCCC)C(=O)O. The lowest BCUT2D eigenvalue weighted by Gasteiger charge is -2.11. The number of ether oxygens (including phenoxy) is 1. The van der Waals surface area contributed by atoms with E-state index >= 15 is 0 Å². The van der Waals surface area contributed by atoms with Gasteiger partial charge in [0.25, 0.3) is 0 Å². The molecule has 33 heavy (non-hydrogen) atoms. The van der Waals surface area contributed by atoms with Crippen molar-refractivity contribution in [1.82, 2.24) is 0 Å². The summed E-state index contributed by atoms with van der Waals surface area (Å²) in [5.41, 5.74) is 0. The van der Waals surface area contributed by atoms with E-state index in [0.717, 1.165) is 25.7 Å². The third kappa shape index (κ3) is 23.6. The Balaban J connectivity index is 3.42. The molecule has 0 aromatic heterocycles. The Kier molecular flexibility index (Phi) is 24.3.